The average Bonchev–Trinajstić information content (AvgIpc) is 3.35. The third-order valence-corrected chi connectivity index (χ3v) is 6.11. The van der Waals surface area contributed by atoms with Crippen LogP contribution in [0.4, 0.5) is 0 Å². The first-order chi connectivity index (χ1) is 16.1. The summed E-state index contributed by atoms with van der Waals surface area (Å²) in [4.78, 5) is 32.6. The van der Waals surface area contributed by atoms with E-state index in [0.717, 1.165) is 23.2 Å². The van der Waals surface area contributed by atoms with Crippen molar-refractivity contribution in [3.63, 3.8) is 0 Å². The molecule has 2 aromatic carbocycles. The minimum atomic E-state index is -0.667. The van der Waals surface area contributed by atoms with Gasteiger partial charge in [-0.05, 0) is 42.5 Å². The highest BCUT2D eigenvalue weighted by molar-refractivity contribution is 5.90. The van der Waals surface area contributed by atoms with E-state index in [1.807, 2.05) is 78.9 Å². The van der Waals surface area contributed by atoms with Gasteiger partial charge in [0.2, 0.25) is 11.8 Å². The number of aromatic nitrogens is 1. The summed E-state index contributed by atoms with van der Waals surface area (Å²) >= 11 is 0. The molecule has 3 aromatic rings. The van der Waals surface area contributed by atoms with Crippen LogP contribution in [0.1, 0.15) is 35.7 Å². The van der Waals surface area contributed by atoms with Gasteiger partial charge in [0.15, 0.2) is 0 Å². The Morgan fingerprint density at radius 3 is 2.36 bits per heavy atom. The number of pyridine rings is 1. The molecule has 0 saturated carbocycles. The van der Waals surface area contributed by atoms with E-state index in [0.29, 0.717) is 25.8 Å². The highest BCUT2D eigenvalue weighted by atomic mass is 16.2. The Balaban J connectivity index is 1.46. The average molecular weight is 443 g/mol. The lowest BCUT2D eigenvalue weighted by Gasteiger charge is -2.28. The molecule has 170 valence electrons. The predicted molar refractivity (Wildman–Crippen MR) is 128 cm³/mol. The van der Waals surface area contributed by atoms with Gasteiger partial charge < -0.3 is 16.0 Å². The van der Waals surface area contributed by atoms with Crippen LogP contribution in [0, 0.1) is 0 Å². The molecule has 4 rings (SSSR count). The zero-order valence-electron chi connectivity index (χ0n) is 18.6. The van der Waals surface area contributed by atoms with Gasteiger partial charge in [-0.3, -0.25) is 14.6 Å². The second kappa shape index (κ2) is 10.9. The first kappa shape index (κ1) is 22.7. The smallest absolute Gasteiger partial charge is 0.243 e. The molecule has 0 bridgehead atoms. The number of nitrogens with zero attached hydrogens (tertiary/aromatic N) is 2. The SMILES string of the molecule is N[C@@H](Cc1ccccc1)C(=O)N1CCCC1C(=O)N[C@@H](Cc1ccccn1)c1ccccc1. The number of nitrogens with two attached hydrogens (primary N) is 1. The van der Waals surface area contributed by atoms with Gasteiger partial charge in [0.05, 0.1) is 12.1 Å². The van der Waals surface area contributed by atoms with Gasteiger partial charge in [-0.2, -0.15) is 0 Å². The molecule has 1 saturated heterocycles. The Kier molecular flexibility index (Phi) is 7.47. The zero-order chi connectivity index (χ0) is 23.0. The van der Waals surface area contributed by atoms with Crippen LogP contribution >= 0.6 is 0 Å². The zero-order valence-corrected chi connectivity index (χ0v) is 18.6. The van der Waals surface area contributed by atoms with Gasteiger partial charge in [-0.25, -0.2) is 0 Å². The summed E-state index contributed by atoms with van der Waals surface area (Å²) in [5, 5.41) is 3.18. The quantitative estimate of drug-likeness (QED) is 0.561. The van der Waals surface area contributed by atoms with Gasteiger partial charge in [0.1, 0.15) is 6.04 Å². The monoisotopic (exact) mass is 442 g/mol. The molecule has 6 heteroatoms. The fourth-order valence-corrected chi connectivity index (χ4v) is 4.40. The molecule has 1 unspecified atom stereocenters. The van der Waals surface area contributed by atoms with Gasteiger partial charge in [-0.1, -0.05) is 66.7 Å². The Morgan fingerprint density at radius 2 is 1.67 bits per heavy atom. The number of benzene rings is 2. The normalized spacial score (nSPS) is 17.4. The molecule has 33 heavy (non-hydrogen) atoms. The minimum Gasteiger partial charge on any atom is -0.347 e. The fourth-order valence-electron chi connectivity index (χ4n) is 4.40. The van der Waals surface area contributed by atoms with Gasteiger partial charge >= 0.3 is 0 Å². The number of carbonyl (C=O) groups excluding carboxylic acids is 2. The number of hydrogen-bond donors (Lipinski definition) is 2. The molecule has 2 amide bonds. The number of likely N-dealkylation sites (tertiary alicyclic amines) is 1. The summed E-state index contributed by atoms with van der Waals surface area (Å²) in [6.45, 7) is 0.551. The summed E-state index contributed by atoms with van der Waals surface area (Å²) in [7, 11) is 0. The number of nitrogens with one attached hydrogen (secondary N) is 1. The molecule has 2 heterocycles. The van der Waals surface area contributed by atoms with E-state index >= 15 is 0 Å². The van der Waals surface area contributed by atoms with Crippen molar-refractivity contribution in [2.24, 2.45) is 5.73 Å². The molecule has 3 atom stereocenters. The molecule has 0 radical (unpaired) electrons. The van der Waals surface area contributed by atoms with Crippen LogP contribution in [-0.4, -0.2) is 40.3 Å². The van der Waals surface area contributed by atoms with Crippen molar-refractivity contribution in [1.29, 1.82) is 0 Å². The van der Waals surface area contributed by atoms with Crippen molar-refractivity contribution in [1.82, 2.24) is 15.2 Å². The summed E-state index contributed by atoms with van der Waals surface area (Å²) in [6, 6.07) is 24.0. The van der Waals surface area contributed by atoms with Crippen molar-refractivity contribution in [3.05, 3.63) is 102 Å². The molecule has 1 aliphatic rings. The van der Waals surface area contributed by atoms with E-state index in [9.17, 15) is 9.59 Å². The number of carbonyl (C=O) groups is 2. The second-order valence-corrected chi connectivity index (χ2v) is 8.48. The van der Waals surface area contributed by atoms with Crippen molar-refractivity contribution in [2.45, 2.75) is 43.8 Å². The Labute approximate surface area is 194 Å². The minimum absolute atomic E-state index is 0.141. The maximum atomic E-state index is 13.3. The van der Waals surface area contributed by atoms with E-state index in [1.165, 1.54) is 0 Å². The third-order valence-electron chi connectivity index (χ3n) is 6.11. The van der Waals surface area contributed by atoms with Gasteiger partial charge in [0.25, 0.3) is 0 Å². The summed E-state index contributed by atoms with van der Waals surface area (Å²) in [5.41, 5.74) is 9.17. The van der Waals surface area contributed by atoms with Crippen LogP contribution in [0.15, 0.2) is 85.1 Å². The Hall–Kier alpha value is -3.51. The second-order valence-electron chi connectivity index (χ2n) is 8.48. The summed E-state index contributed by atoms with van der Waals surface area (Å²) < 4.78 is 0. The largest absolute Gasteiger partial charge is 0.347 e. The Bertz CT molecular complexity index is 1040. The molecule has 1 aliphatic heterocycles. The van der Waals surface area contributed by atoms with Crippen molar-refractivity contribution >= 4 is 11.8 Å². The molecule has 0 spiro atoms. The number of rotatable bonds is 8. The van der Waals surface area contributed by atoms with Crippen LogP contribution in [0.5, 0.6) is 0 Å². The molecular formula is C27H30N4O2. The third kappa shape index (κ3) is 5.84. The van der Waals surface area contributed by atoms with Gasteiger partial charge in [0, 0.05) is 24.9 Å². The first-order valence-corrected chi connectivity index (χ1v) is 11.5. The lowest BCUT2D eigenvalue weighted by Crippen LogP contribution is -2.52. The highest BCUT2D eigenvalue weighted by Gasteiger charge is 2.37. The maximum absolute atomic E-state index is 13.3. The van der Waals surface area contributed by atoms with E-state index in [4.69, 9.17) is 5.73 Å². The molecular weight excluding hydrogens is 412 g/mol. The topological polar surface area (TPSA) is 88.3 Å². The first-order valence-electron chi connectivity index (χ1n) is 11.5. The van der Waals surface area contributed by atoms with E-state index in [1.54, 1.807) is 11.1 Å². The predicted octanol–water partition coefficient (Wildman–Crippen LogP) is 3.04. The van der Waals surface area contributed by atoms with Crippen molar-refractivity contribution in [2.75, 3.05) is 6.54 Å². The highest BCUT2D eigenvalue weighted by Crippen LogP contribution is 2.22. The van der Waals surface area contributed by atoms with Crippen molar-refractivity contribution in [3.8, 4) is 0 Å². The summed E-state index contributed by atoms with van der Waals surface area (Å²) in [5.74, 6) is -0.310. The fraction of sp³-hybridized carbons (Fsp3) is 0.296. The molecule has 1 aromatic heterocycles. The van der Waals surface area contributed by atoms with E-state index < -0.39 is 12.1 Å². The van der Waals surface area contributed by atoms with Crippen molar-refractivity contribution < 1.29 is 9.59 Å². The number of amides is 2. The van der Waals surface area contributed by atoms with Gasteiger partial charge in [-0.15, -0.1) is 0 Å². The maximum Gasteiger partial charge on any atom is 0.243 e. The lowest BCUT2D eigenvalue weighted by molar-refractivity contribution is -0.139. The van der Waals surface area contributed by atoms with Crippen LogP contribution < -0.4 is 11.1 Å². The van der Waals surface area contributed by atoms with Crippen LogP contribution in [0.25, 0.3) is 0 Å². The van der Waals surface area contributed by atoms with Crippen LogP contribution in [0.2, 0.25) is 0 Å². The number of hydrogen-bond acceptors (Lipinski definition) is 4. The van der Waals surface area contributed by atoms with Crippen LogP contribution in [-0.2, 0) is 22.4 Å². The summed E-state index contributed by atoms with van der Waals surface area (Å²) in [6.07, 6.45) is 4.21. The molecule has 6 nitrogen and oxygen atoms in total. The molecule has 0 aliphatic carbocycles. The van der Waals surface area contributed by atoms with Crippen LogP contribution in [0.3, 0.4) is 0 Å². The molecule has 1 fully saturated rings. The molecule has 3 N–H and O–H groups in total. The standard InChI is InChI=1S/C27H30N4O2/c28-23(18-20-10-3-1-4-11-20)27(33)31-17-9-15-25(31)26(32)30-24(21-12-5-2-6-13-21)19-22-14-7-8-16-29-22/h1-8,10-14,16,23-25H,9,15,17-19,28H2,(H,30,32)/t23-,24-,25?/m0/s1. The van der Waals surface area contributed by atoms with E-state index in [-0.39, 0.29) is 17.9 Å². The van der Waals surface area contributed by atoms with E-state index in [2.05, 4.69) is 10.3 Å². The Morgan fingerprint density at radius 1 is 0.970 bits per heavy atom. The lowest BCUT2D eigenvalue weighted by atomic mass is 10.0.